The Hall–Kier alpha value is -0.480. The van der Waals surface area contributed by atoms with Gasteiger partial charge in [0.2, 0.25) is 4.33 Å². The summed E-state index contributed by atoms with van der Waals surface area (Å²) < 4.78 is 7.63. The summed E-state index contributed by atoms with van der Waals surface area (Å²) in [6.07, 6.45) is -0.0343. The second kappa shape index (κ2) is 6.90. The molecule has 4 nitrogen and oxygen atoms in total. The predicted molar refractivity (Wildman–Crippen MR) is 56.9 cm³/mol. The Morgan fingerprint density at radius 2 is 1.67 bits per heavy atom. The molecule has 0 bridgehead atoms. The molecule has 0 radical (unpaired) electrons. The van der Waals surface area contributed by atoms with E-state index in [4.69, 9.17) is 23.2 Å². The van der Waals surface area contributed by atoms with E-state index in [0.29, 0.717) is 0 Å². The van der Waals surface area contributed by atoms with Gasteiger partial charge in [0, 0.05) is 12.8 Å². The average Bonchev–Trinajstić information content (AvgIpc) is 2.16. The second-order valence-corrected chi connectivity index (χ2v) is 4.21. The Balaban J connectivity index is 4.03. The van der Waals surface area contributed by atoms with E-state index in [0.717, 1.165) is 0 Å². The van der Waals surface area contributed by atoms with E-state index in [1.54, 1.807) is 13.8 Å². The molecule has 0 rings (SSSR count). The number of carbonyl (C=O) groups is 2. The van der Waals surface area contributed by atoms with E-state index in [-0.39, 0.29) is 26.1 Å². The number of esters is 2. The van der Waals surface area contributed by atoms with Crippen LogP contribution in [0.2, 0.25) is 0 Å². The molecule has 15 heavy (non-hydrogen) atoms. The van der Waals surface area contributed by atoms with Crippen LogP contribution in [0, 0.1) is 0 Å². The summed E-state index contributed by atoms with van der Waals surface area (Å²) in [5.41, 5.74) is 0. The van der Waals surface area contributed by atoms with Gasteiger partial charge in [0.15, 0.2) is 0 Å². The zero-order valence-corrected chi connectivity index (χ0v) is 10.2. The molecule has 0 aliphatic heterocycles. The number of rotatable bonds is 6. The van der Waals surface area contributed by atoms with Gasteiger partial charge in [0.25, 0.3) is 0 Å². The van der Waals surface area contributed by atoms with Gasteiger partial charge >= 0.3 is 11.9 Å². The quantitative estimate of drug-likeness (QED) is 0.540. The molecule has 0 heterocycles. The number of halogens is 2. The molecule has 0 fully saturated rings. The summed E-state index contributed by atoms with van der Waals surface area (Å²) in [7, 11) is 0. The Kier molecular flexibility index (Phi) is 6.68. The molecule has 0 aromatic carbocycles. The van der Waals surface area contributed by atoms with Gasteiger partial charge in [-0.1, -0.05) is 23.2 Å². The van der Waals surface area contributed by atoms with Crippen molar-refractivity contribution < 1.29 is 19.1 Å². The van der Waals surface area contributed by atoms with Crippen molar-refractivity contribution in [2.75, 3.05) is 13.2 Å². The minimum absolute atomic E-state index is 0.0142. The normalized spacial score (nSPS) is 10.9. The lowest BCUT2D eigenvalue weighted by Crippen LogP contribution is -2.29. The van der Waals surface area contributed by atoms with Crippen LogP contribution >= 0.6 is 23.2 Å². The third-order valence-corrected chi connectivity index (χ3v) is 2.21. The Morgan fingerprint density at radius 3 is 2.13 bits per heavy atom. The Labute approximate surface area is 98.8 Å². The molecule has 0 saturated carbocycles. The predicted octanol–water partition coefficient (Wildman–Crippen LogP) is 2.07. The minimum atomic E-state index is -1.68. The van der Waals surface area contributed by atoms with Crippen molar-refractivity contribution in [1.29, 1.82) is 0 Å². The highest BCUT2D eigenvalue weighted by Crippen LogP contribution is 2.28. The fourth-order valence-corrected chi connectivity index (χ4v) is 1.13. The van der Waals surface area contributed by atoms with E-state index in [2.05, 4.69) is 9.47 Å². The highest BCUT2D eigenvalue weighted by atomic mass is 35.5. The average molecular weight is 257 g/mol. The molecule has 0 saturated heterocycles. The molecule has 0 aromatic heterocycles. The van der Waals surface area contributed by atoms with Crippen LogP contribution in [0.15, 0.2) is 0 Å². The number of ether oxygens (including phenoxy) is 2. The van der Waals surface area contributed by atoms with Gasteiger partial charge in [-0.25, -0.2) is 4.79 Å². The summed E-state index contributed by atoms with van der Waals surface area (Å²) in [6.45, 7) is 3.82. The molecule has 0 aromatic rings. The highest BCUT2D eigenvalue weighted by Gasteiger charge is 2.35. The largest absolute Gasteiger partial charge is 0.466 e. The molecule has 0 unspecified atom stereocenters. The zero-order valence-electron chi connectivity index (χ0n) is 8.72. The Bertz CT molecular complexity index is 228. The molecule has 0 spiro atoms. The number of hydrogen-bond acceptors (Lipinski definition) is 4. The smallest absolute Gasteiger partial charge is 0.342 e. The first-order chi connectivity index (χ1) is 6.94. The van der Waals surface area contributed by atoms with Crippen LogP contribution in [0.3, 0.4) is 0 Å². The topological polar surface area (TPSA) is 52.6 Å². The summed E-state index contributed by atoms with van der Waals surface area (Å²) in [6, 6.07) is 0. The van der Waals surface area contributed by atoms with Crippen LogP contribution in [-0.4, -0.2) is 29.5 Å². The SMILES string of the molecule is CCOC(=O)CCC(Cl)(Cl)C(=O)OCC. The van der Waals surface area contributed by atoms with Gasteiger partial charge in [-0.05, 0) is 13.8 Å². The molecule has 0 aliphatic carbocycles. The van der Waals surface area contributed by atoms with Gasteiger partial charge < -0.3 is 9.47 Å². The molecular weight excluding hydrogens is 243 g/mol. The van der Waals surface area contributed by atoms with Crippen molar-refractivity contribution in [3.05, 3.63) is 0 Å². The van der Waals surface area contributed by atoms with Crippen LogP contribution in [0.4, 0.5) is 0 Å². The highest BCUT2D eigenvalue weighted by molar-refractivity contribution is 6.57. The van der Waals surface area contributed by atoms with Gasteiger partial charge in [0.05, 0.1) is 13.2 Å². The summed E-state index contributed by atoms with van der Waals surface area (Å²) in [4.78, 5) is 22.2. The third kappa shape index (κ3) is 5.85. The van der Waals surface area contributed by atoms with Crippen molar-refractivity contribution in [2.24, 2.45) is 0 Å². The van der Waals surface area contributed by atoms with Crippen LogP contribution in [-0.2, 0) is 19.1 Å². The lowest BCUT2D eigenvalue weighted by molar-refractivity contribution is -0.145. The number of carbonyl (C=O) groups excluding carboxylic acids is 2. The van der Waals surface area contributed by atoms with Gasteiger partial charge in [-0.2, -0.15) is 0 Å². The van der Waals surface area contributed by atoms with Gasteiger partial charge in [-0.15, -0.1) is 0 Å². The fourth-order valence-electron chi connectivity index (χ4n) is 0.831. The first kappa shape index (κ1) is 14.5. The van der Waals surface area contributed by atoms with E-state index in [9.17, 15) is 9.59 Å². The fraction of sp³-hybridized carbons (Fsp3) is 0.778. The van der Waals surface area contributed by atoms with Crippen molar-refractivity contribution in [3.63, 3.8) is 0 Å². The van der Waals surface area contributed by atoms with Crippen LogP contribution in [0.5, 0.6) is 0 Å². The first-order valence-electron chi connectivity index (χ1n) is 4.64. The standard InChI is InChI=1S/C9H14Cl2O4/c1-3-14-7(12)5-6-9(10,11)8(13)15-4-2/h3-6H2,1-2H3. The van der Waals surface area contributed by atoms with Crippen molar-refractivity contribution in [1.82, 2.24) is 0 Å². The number of hydrogen-bond donors (Lipinski definition) is 0. The first-order valence-corrected chi connectivity index (χ1v) is 5.40. The third-order valence-electron chi connectivity index (χ3n) is 1.52. The monoisotopic (exact) mass is 256 g/mol. The molecule has 88 valence electrons. The second-order valence-electron chi connectivity index (χ2n) is 2.73. The molecule has 0 amide bonds. The minimum Gasteiger partial charge on any atom is -0.466 e. The Morgan fingerprint density at radius 1 is 1.13 bits per heavy atom. The molecule has 0 N–H and O–H groups in total. The van der Waals surface area contributed by atoms with Gasteiger partial charge in [0.1, 0.15) is 0 Å². The van der Waals surface area contributed by atoms with E-state index < -0.39 is 16.3 Å². The van der Waals surface area contributed by atoms with Crippen molar-refractivity contribution in [3.8, 4) is 0 Å². The zero-order chi connectivity index (χ0) is 11.9. The summed E-state index contributed by atoms with van der Waals surface area (Å²) in [5, 5.41) is 0. The molecular formula is C9H14Cl2O4. The maximum Gasteiger partial charge on any atom is 0.342 e. The van der Waals surface area contributed by atoms with Crippen LogP contribution in [0.1, 0.15) is 26.7 Å². The van der Waals surface area contributed by atoms with E-state index in [1.165, 1.54) is 0 Å². The van der Waals surface area contributed by atoms with Gasteiger partial charge in [-0.3, -0.25) is 4.79 Å². The van der Waals surface area contributed by atoms with E-state index >= 15 is 0 Å². The van der Waals surface area contributed by atoms with E-state index in [1.807, 2.05) is 0 Å². The maximum atomic E-state index is 11.2. The van der Waals surface area contributed by atoms with Crippen molar-refractivity contribution in [2.45, 2.75) is 31.0 Å². The van der Waals surface area contributed by atoms with Crippen LogP contribution < -0.4 is 0 Å². The summed E-state index contributed by atoms with van der Waals surface area (Å²) in [5.74, 6) is -1.18. The molecule has 6 heteroatoms. The van der Waals surface area contributed by atoms with Crippen molar-refractivity contribution >= 4 is 35.1 Å². The number of alkyl halides is 2. The molecule has 0 atom stereocenters. The lowest BCUT2D eigenvalue weighted by atomic mass is 10.2. The molecule has 0 aliphatic rings. The lowest BCUT2D eigenvalue weighted by Gasteiger charge is -2.16. The maximum absolute atomic E-state index is 11.2. The summed E-state index contributed by atoms with van der Waals surface area (Å²) >= 11 is 11.4. The van der Waals surface area contributed by atoms with Crippen LogP contribution in [0.25, 0.3) is 0 Å².